The summed E-state index contributed by atoms with van der Waals surface area (Å²) in [6.45, 7) is 2.96. The lowest BCUT2D eigenvalue weighted by molar-refractivity contribution is -0.136. The van der Waals surface area contributed by atoms with Crippen LogP contribution in [0.25, 0.3) is 10.9 Å². The van der Waals surface area contributed by atoms with E-state index >= 15 is 0 Å². The zero-order chi connectivity index (χ0) is 20.7. The van der Waals surface area contributed by atoms with Crippen LogP contribution in [-0.4, -0.2) is 30.6 Å². The van der Waals surface area contributed by atoms with Crippen LogP contribution in [0.2, 0.25) is 0 Å². The Balaban J connectivity index is 1.52. The molecule has 0 spiro atoms. The maximum Gasteiger partial charge on any atom is 0.307 e. The van der Waals surface area contributed by atoms with E-state index in [-0.39, 0.29) is 18.4 Å². The van der Waals surface area contributed by atoms with Crippen molar-refractivity contribution < 1.29 is 9.90 Å². The number of benzene rings is 2. The molecule has 3 heterocycles. The van der Waals surface area contributed by atoms with Crippen LogP contribution < -0.4 is 0 Å². The number of aromatic nitrogens is 4. The summed E-state index contributed by atoms with van der Waals surface area (Å²) in [4.78, 5) is 11.5. The van der Waals surface area contributed by atoms with E-state index in [9.17, 15) is 9.90 Å². The van der Waals surface area contributed by atoms with Crippen molar-refractivity contribution in [2.45, 2.75) is 44.7 Å². The molecule has 152 valence electrons. The average molecular weight is 400 g/mol. The van der Waals surface area contributed by atoms with Gasteiger partial charge in [-0.3, -0.25) is 4.79 Å². The second-order valence-corrected chi connectivity index (χ2v) is 8.05. The Morgan fingerprint density at radius 1 is 1.17 bits per heavy atom. The first-order chi connectivity index (χ1) is 14.6. The summed E-state index contributed by atoms with van der Waals surface area (Å²) in [5.41, 5.74) is 5.55. The Kier molecular flexibility index (Phi) is 4.62. The van der Waals surface area contributed by atoms with Gasteiger partial charge in [-0.15, -0.1) is 5.10 Å². The van der Waals surface area contributed by atoms with Gasteiger partial charge >= 0.3 is 5.97 Å². The maximum absolute atomic E-state index is 11.5. The van der Waals surface area contributed by atoms with Gasteiger partial charge in [0.1, 0.15) is 0 Å². The number of carboxylic acid groups (broad SMARTS) is 1. The molecule has 0 bridgehead atoms. The minimum absolute atomic E-state index is 0.0626. The Bertz CT molecular complexity index is 1210. The normalized spacial score (nSPS) is 17.0. The summed E-state index contributed by atoms with van der Waals surface area (Å²) in [5, 5.41) is 19.2. The Labute approximate surface area is 174 Å². The van der Waals surface area contributed by atoms with Gasteiger partial charge in [0.2, 0.25) is 0 Å². The van der Waals surface area contributed by atoms with E-state index in [2.05, 4.69) is 56.8 Å². The summed E-state index contributed by atoms with van der Waals surface area (Å²) >= 11 is 0. The van der Waals surface area contributed by atoms with E-state index in [1.807, 2.05) is 30.5 Å². The van der Waals surface area contributed by atoms with E-state index in [1.165, 1.54) is 5.56 Å². The van der Waals surface area contributed by atoms with Gasteiger partial charge in [-0.05, 0) is 30.0 Å². The minimum Gasteiger partial charge on any atom is -0.481 e. The molecule has 2 aromatic heterocycles. The Morgan fingerprint density at radius 2 is 1.93 bits per heavy atom. The molecule has 0 amide bonds. The van der Waals surface area contributed by atoms with E-state index in [1.54, 1.807) is 0 Å². The molecular formula is C24H24N4O2. The zero-order valence-corrected chi connectivity index (χ0v) is 16.9. The van der Waals surface area contributed by atoms with Gasteiger partial charge < -0.3 is 9.67 Å². The molecule has 0 fully saturated rings. The summed E-state index contributed by atoms with van der Waals surface area (Å²) in [6, 6.07) is 18.7. The second-order valence-electron chi connectivity index (χ2n) is 8.05. The number of aliphatic carboxylic acids is 1. The molecule has 0 saturated heterocycles. The van der Waals surface area contributed by atoms with Crippen LogP contribution in [0.15, 0.2) is 60.8 Å². The van der Waals surface area contributed by atoms with Crippen LogP contribution in [0, 0.1) is 0 Å². The van der Waals surface area contributed by atoms with Gasteiger partial charge in [-0.1, -0.05) is 60.7 Å². The van der Waals surface area contributed by atoms with Crippen molar-refractivity contribution in [1.82, 2.24) is 19.6 Å². The molecule has 5 rings (SSSR count). The molecule has 1 aliphatic heterocycles. The van der Waals surface area contributed by atoms with Crippen molar-refractivity contribution in [1.29, 1.82) is 0 Å². The third-order valence-electron chi connectivity index (χ3n) is 6.32. The van der Waals surface area contributed by atoms with E-state index in [0.717, 1.165) is 47.2 Å². The fourth-order valence-corrected chi connectivity index (χ4v) is 4.83. The van der Waals surface area contributed by atoms with Crippen LogP contribution in [-0.2, 0) is 24.2 Å². The maximum atomic E-state index is 11.5. The average Bonchev–Trinajstić information content (AvgIpc) is 3.37. The largest absolute Gasteiger partial charge is 0.481 e. The first-order valence-electron chi connectivity index (χ1n) is 10.4. The third-order valence-corrected chi connectivity index (χ3v) is 6.32. The molecule has 2 unspecified atom stereocenters. The predicted molar refractivity (Wildman–Crippen MR) is 115 cm³/mol. The van der Waals surface area contributed by atoms with Gasteiger partial charge in [-0.25, -0.2) is 4.68 Å². The van der Waals surface area contributed by atoms with Crippen LogP contribution in [0.5, 0.6) is 0 Å². The topological polar surface area (TPSA) is 72.9 Å². The minimum atomic E-state index is -0.786. The number of carbonyl (C=O) groups is 1. The summed E-state index contributed by atoms with van der Waals surface area (Å²) in [7, 11) is 0. The Morgan fingerprint density at radius 3 is 2.73 bits per heavy atom. The number of fused-ring (bicyclic) bond motifs is 3. The molecule has 0 saturated carbocycles. The lowest BCUT2D eigenvalue weighted by atomic mass is 9.96. The van der Waals surface area contributed by atoms with Crippen molar-refractivity contribution in [2.75, 3.05) is 0 Å². The highest BCUT2D eigenvalue weighted by Gasteiger charge is 2.29. The fourth-order valence-electron chi connectivity index (χ4n) is 4.83. The van der Waals surface area contributed by atoms with Crippen molar-refractivity contribution in [3.8, 4) is 0 Å². The molecule has 0 radical (unpaired) electrons. The lowest BCUT2D eigenvalue weighted by Crippen LogP contribution is -2.26. The quantitative estimate of drug-likeness (QED) is 0.545. The molecular weight excluding hydrogens is 376 g/mol. The van der Waals surface area contributed by atoms with Crippen molar-refractivity contribution in [2.24, 2.45) is 0 Å². The summed E-state index contributed by atoms with van der Waals surface area (Å²) in [5.74, 6) is -0.585. The highest BCUT2D eigenvalue weighted by atomic mass is 16.4. The number of hydrogen-bond donors (Lipinski definition) is 1. The summed E-state index contributed by atoms with van der Waals surface area (Å²) < 4.78 is 4.37. The first-order valence-corrected chi connectivity index (χ1v) is 10.4. The standard InChI is InChI=1S/C24H24N4O2/c1-16(17-7-3-2-4-8-17)23-14-25-26-28(23)18-11-12-22-20(13-24(29)30)19-9-5-6-10-21(19)27(22)15-18/h2-10,14,16,18H,11-13,15H2,1H3,(H,29,30). The Hall–Kier alpha value is -3.41. The zero-order valence-electron chi connectivity index (χ0n) is 16.9. The molecule has 6 heteroatoms. The highest BCUT2D eigenvalue weighted by molar-refractivity contribution is 5.89. The van der Waals surface area contributed by atoms with Crippen molar-refractivity contribution in [3.05, 3.63) is 83.3 Å². The molecule has 1 aliphatic rings. The van der Waals surface area contributed by atoms with Crippen LogP contribution in [0.3, 0.4) is 0 Å². The molecule has 0 aliphatic carbocycles. The molecule has 30 heavy (non-hydrogen) atoms. The molecule has 6 nitrogen and oxygen atoms in total. The van der Waals surface area contributed by atoms with E-state index in [0.29, 0.717) is 0 Å². The van der Waals surface area contributed by atoms with Gasteiger partial charge in [0, 0.05) is 29.1 Å². The molecule has 1 N–H and O–H groups in total. The van der Waals surface area contributed by atoms with Gasteiger partial charge in [0.25, 0.3) is 0 Å². The van der Waals surface area contributed by atoms with Crippen LogP contribution in [0.4, 0.5) is 0 Å². The van der Waals surface area contributed by atoms with Gasteiger partial charge in [0.05, 0.1) is 24.4 Å². The van der Waals surface area contributed by atoms with E-state index in [4.69, 9.17) is 0 Å². The second kappa shape index (κ2) is 7.44. The highest BCUT2D eigenvalue weighted by Crippen LogP contribution is 2.36. The first kappa shape index (κ1) is 18.6. The number of nitrogens with zero attached hydrogens (tertiary/aromatic N) is 4. The molecule has 2 aromatic carbocycles. The predicted octanol–water partition coefficient (Wildman–Crippen LogP) is 4.20. The number of carboxylic acids is 1. The van der Waals surface area contributed by atoms with E-state index < -0.39 is 5.97 Å². The number of rotatable bonds is 5. The van der Waals surface area contributed by atoms with Gasteiger partial charge in [0.15, 0.2) is 0 Å². The molecule has 4 aromatic rings. The third kappa shape index (κ3) is 3.09. The smallest absolute Gasteiger partial charge is 0.307 e. The van der Waals surface area contributed by atoms with Crippen LogP contribution in [0.1, 0.15) is 47.8 Å². The SMILES string of the molecule is CC(c1ccccc1)c1cnnn1C1CCc2c(CC(=O)O)c3ccccc3n2C1. The lowest BCUT2D eigenvalue weighted by Gasteiger charge is -2.28. The monoisotopic (exact) mass is 400 g/mol. The summed E-state index contributed by atoms with van der Waals surface area (Å²) in [6.07, 6.45) is 3.69. The van der Waals surface area contributed by atoms with Gasteiger partial charge in [-0.2, -0.15) is 0 Å². The number of hydrogen-bond acceptors (Lipinski definition) is 3. The van der Waals surface area contributed by atoms with Crippen molar-refractivity contribution in [3.63, 3.8) is 0 Å². The fraction of sp³-hybridized carbons (Fsp3) is 0.292. The van der Waals surface area contributed by atoms with Crippen molar-refractivity contribution >= 4 is 16.9 Å². The molecule has 2 atom stereocenters. The number of para-hydroxylation sites is 1. The van der Waals surface area contributed by atoms with Crippen LogP contribution >= 0.6 is 0 Å².